The molecule has 1 unspecified atom stereocenters. The van der Waals surface area contributed by atoms with Crippen molar-refractivity contribution < 1.29 is 19.7 Å². The van der Waals surface area contributed by atoms with E-state index in [2.05, 4.69) is 0 Å². The van der Waals surface area contributed by atoms with Crippen LogP contribution in [-0.4, -0.2) is 35.6 Å². The second-order valence-electron chi connectivity index (χ2n) is 4.71. The average Bonchev–Trinajstić information content (AvgIpc) is 2.34. The number of halogens is 1. The Morgan fingerprint density at radius 3 is 2.42 bits per heavy atom. The lowest BCUT2D eigenvalue weighted by atomic mass is 10.1. The first-order valence-electron chi connectivity index (χ1n) is 6.30. The Kier molecular flexibility index (Phi) is 6.58. The van der Waals surface area contributed by atoms with Crippen molar-refractivity contribution in [1.82, 2.24) is 0 Å². The SMILES string of the molecule is CC(C)OCC(O)COc1ccc(Cl)cc1[C@H](C)O. The predicted molar refractivity (Wildman–Crippen MR) is 74.7 cm³/mol. The van der Waals surface area contributed by atoms with Gasteiger partial charge in [0.15, 0.2) is 0 Å². The lowest BCUT2D eigenvalue weighted by molar-refractivity contribution is -0.0126. The Balaban J connectivity index is 2.57. The van der Waals surface area contributed by atoms with Crippen LogP contribution in [0.5, 0.6) is 5.75 Å². The molecule has 0 aliphatic heterocycles. The molecule has 0 saturated heterocycles. The molecule has 0 aromatic heterocycles. The van der Waals surface area contributed by atoms with E-state index in [1.165, 1.54) is 0 Å². The maximum atomic E-state index is 9.70. The molecule has 108 valence electrons. The molecule has 0 amide bonds. The normalized spacial score (nSPS) is 14.5. The van der Waals surface area contributed by atoms with Gasteiger partial charge in [-0.1, -0.05) is 11.6 Å². The van der Waals surface area contributed by atoms with Crippen LogP contribution in [0.15, 0.2) is 18.2 Å². The molecule has 1 aromatic carbocycles. The number of ether oxygens (including phenoxy) is 2. The third kappa shape index (κ3) is 5.78. The molecule has 1 rings (SSSR count). The highest BCUT2D eigenvalue weighted by atomic mass is 35.5. The quantitative estimate of drug-likeness (QED) is 0.809. The molecule has 2 N–H and O–H groups in total. The zero-order chi connectivity index (χ0) is 14.4. The minimum Gasteiger partial charge on any atom is -0.490 e. The van der Waals surface area contributed by atoms with Gasteiger partial charge < -0.3 is 19.7 Å². The van der Waals surface area contributed by atoms with E-state index in [9.17, 15) is 10.2 Å². The number of aliphatic hydroxyl groups is 2. The van der Waals surface area contributed by atoms with Crippen molar-refractivity contribution in [2.24, 2.45) is 0 Å². The summed E-state index contributed by atoms with van der Waals surface area (Å²) in [6.07, 6.45) is -1.32. The highest BCUT2D eigenvalue weighted by molar-refractivity contribution is 6.30. The minimum atomic E-state index is -0.708. The largest absolute Gasteiger partial charge is 0.490 e. The number of hydrogen-bond donors (Lipinski definition) is 2. The summed E-state index contributed by atoms with van der Waals surface area (Å²) in [6, 6.07) is 5.01. The summed E-state index contributed by atoms with van der Waals surface area (Å²) in [5, 5.41) is 19.9. The fraction of sp³-hybridized carbons (Fsp3) is 0.571. The smallest absolute Gasteiger partial charge is 0.125 e. The van der Waals surface area contributed by atoms with Crippen molar-refractivity contribution in [3.8, 4) is 5.75 Å². The van der Waals surface area contributed by atoms with E-state index in [0.29, 0.717) is 16.3 Å². The van der Waals surface area contributed by atoms with Crippen molar-refractivity contribution >= 4 is 11.6 Å². The van der Waals surface area contributed by atoms with Gasteiger partial charge in [0.25, 0.3) is 0 Å². The van der Waals surface area contributed by atoms with Crippen molar-refractivity contribution in [2.45, 2.75) is 39.1 Å². The first kappa shape index (κ1) is 16.2. The van der Waals surface area contributed by atoms with Crippen LogP contribution < -0.4 is 4.74 Å². The Bertz CT molecular complexity index is 393. The van der Waals surface area contributed by atoms with E-state index >= 15 is 0 Å². The zero-order valence-electron chi connectivity index (χ0n) is 11.5. The maximum Gasteiger partial charge on any atom is 0.125 e. The minimum absolute atomic E-state index is 0.0678. The molecule has 0 saturated carbocycles. The topological polar surface area (TPSA) is 58.9 Å². The standard InChI is InChI=1S/C14H21ClO4/c1-9(2)18-7-12(17)8-19-14-5-4-11(15)6-13(14)10(3)16/h4-6,9-10,12,16-17H,7-8H2,1-3H3/t10-,12?/m0/s1. The molecule has 1 aromatic rings. The van der Waals surface area contributed by atoms with Gasteiger partial charge in [0.1, 0.15) is 18.5 Å². The van der Waals surface area contributed by atoms with E-state index in [0.717, 1.165) is 0 Å². The van der Waals surface area contributed by atoms with Crippen molar-refractivity contribution in [2.75, 3.05) is 13.2 Å². The monoisotopic (exact) mass is 288 g/mol. The molecule has 0 aliphatic rings. The lowest BCUT2D eigenvalue weighted by Crippen LogP contribution is -2.25. The van der Waals surface area contributed by atoms with E-state index in [-0.39, 0.29) is 19.3 Å². The molecule has 0 radical (unpaired) electrons. The van der Waals surface area contributed by atoms with Gasteiger partial charge in [-0.25, -0.2) is 0 Å². The summed E-state index contributed by atoms with van der Waals surface area (Å²) in [6.45, 7) is 5.76. The third-order valence-electron chi connectivity index (χ3n) is 2.48. The Labute approximate surface area is 118 Å². The van der Waals surface area contributed by atoms with E-state index in [1.54, 1.807) is 25.1 Å². The first-order valence-corrected chi connectivity index (χ1v) is 6.68. The Morgan fingerprint density at radius 2 is 1.84 bits per heavy atom. The van der Waals surface area contributed by atoms with Crippen LogP contribution in [0.3, 0.4) is 0 Å². The molecule has 5 heteroatoms. The van der Waals surface area contributed by atoms with Gasteiger partial charge in [-0.3, -0.25) is 0 Å². The summed E-state index contributed by atoms with van der Waals surface area (Å²) in [7, 11) is 0. The summed E-state index contributed by atoms with van der Waals surface area (Å²) in [4.78, 5) is 0. The fourth-order valence-corrected chi connectivity index (χ4v) is 1.70. The van der Waals surface area contributed by atoms with Crippen molar-refractivity contribution in [3.63, 3.8) is 0 Å². The molecule has 4 nitrogen and oxygen atoms in total. The number of benzene rings is 1. The molecule has 0 aliphatic carbocycles. The molecule has 0 bridgehead atoms. The third-order valence-corrected chi connectivity index (χ3v) is 2.71. The van der Waals surface area contributed by atoms with Gasteiger partial charge in [0, 0.05) is 10.6 Å². The maximum absolute atomic E-state index is 9.70. The van der Waals surface area contributed by atoms with Crippen molar-refractivity contribution in [1.29, 1.82) is 0 Å². The average molecular weight is 289 g/mol. The number of hydrogen-bond acceptors (Lipinski definition) is 4. The fourth-order valence-electron chi connectivity index (χ4n) is 1.51. The summed E-state index contributed by atoms with van der Waals surface area (Å²) in [5.74, 6) is 0.517. The molecule has 0 spiro atoms. The van der Waals surface area contributed by atoms with Gasteiger partial charge >= 0.3 is 0 Å². The molecule has 2 atom stereocenters. The van der Waals surface area contributed by atoms with Gasteiger partial charge in [-0.2, -0.15) is 0 Å². The molecule has 19 heavy (non-hydrogen) atoms. The molecule has 0 heterocycles. The van der Waals surface area contributed by atoms with Crippen LogP contribution in [0.4, 0.5) is 0 Å². The Hall–Kier alpha value is -0.810. The van der Waals surface area contributed by atoms with Gasteiger partial charge in [0.2, 0.25) is 0 Å². The van der Waals surface area contributed by atoms with Crippen LogP contribution >= 0.6 is 11.6 Å². The van der Waals surface area contributed by atoms with Crippen LogP contribution in [0.2, 0.25) is 5.02 Å². The van der Waals surface area contributed by atoms with Gasteiger partial charge in [0.05, 0.1) is 18.8 Å². The van der Waals surface area contributed by atoms with E-state index in [4.69, 9.17) is 21.1 Å². The van der Waals surface area contributed by atoms with E-state index < -0.39 is 12.2 Å². The van der Waals surface area contributed by atoms with Crippen LogP contribution in [0.1, 0.15) is 32.4 Å². The van der Waals surface area contributed by atoms with Crippen molar-refractivity contribution in [3.05, 3.63) is 28.8 Å². The second kappa shape index (κ2) is 7.70. The lowest BCUT2D eigenvalue weighted by Gasteiger charge is -2.17. The van der Waals surface area contributed by atoms with Crippen LogP contribution in [0.25, 0.3) is 0 Å². The highest BCUT2D eigenvalue weighted by Gasteiger charge is 2.12. The van der Waals surface area contributed by atoms with Crippen LogP contribution in [0, 0.1) is 0 Å². The second-order valence-corrected chi connectivity index (χ2v) is 5.14. The first-order chi connectivity index (χ1) is 8.90. The molecular formula is C14H21ClO4. The van der Waals surface area contributed by atoms with E-state index in [1.807, 2.05) is 13.8 Å². The van der Waals surface area contributed by atoms with Crippen LogP contribution in [-0.2, 0) is 4.74 Å². The predicted octanol–water partition coefficient (Wildman–Crippen LogP) is 2.56. The molecular weight excluding hydrogens is 268 g/mol. The number of rotatable bonds is 7. The Morgan fingerprint density at radius 1 is 1.16 bits per heavy atom. The molecule has 0 fully saturated rings. The summed E-state index contributed by atoms with van der Waals surface area (Å²) in [5.41, 5.74) is 0.601. The highest BCUT2D eigenvalue weighted by Crippen LogP contribution is 2.28. The van der Waals surface area contributed by atoms with Gasteiger partial charge in [-0.05, 0) is 39.0 Å². The summed E-state index contributed by atoms with van der Waals surface area (Å²) < 4.78 is 10.8. The summed E-state index contributed by atoms with van der Waals surface area (Å²) >= 11 is 5.87. The zero-order valence-corrected chi connectivity index (χ0v) is 12.2. The number of aliphatic hydroxyl groups excluding tert-OH is 2. The van der Waals surface area contributed by atoms with Gasteiger partial charge in [-0.15, -0.1) is 0 Å².